The van der Waals surface area contributed by atoms with E-state index in [0.717, 1.165) is 5.56 Å². The third kappa shape index (κ3) is 6.75. The second-order valence-electron chi connectivity index (χ2n) is 6.58. The lowest BCUT2D eigenvalue weighted by atomic mass is 10.1. The SMILES string of the molecule is CC(C)NC(=O)NCc1ccc(C(=O)O[C@@H](C)C(=O)Nc2ccccc2)cc1. The third-order valence-corrected chi connectivity index (χ3v) is 3.76. The fourth-order valence-electron chi connectivity index (χ4n) is 2.30. The van der Waals surface area contributed by atoms with Gasteiger partial charge in [0, 0.05) is 18.3 Å². The molecule has 0 saturated heterocycles. The van der Waals surface area contributed by atoms with Gasteiger partial charge in [-0.15, -0.1) is 0 Å². The van der Waals surface area contributed by atoms with Crippen LogP contribution < -0.4 is 16.0 Å². The molecule has 1 atom stereocenters. The summed E-state index contributed by atoms with van der Waals surface area (Å²) in [4.78, 5) is 35.9. The van der Waals surface area contributed by atoms with Crippen LogP contribution in [0.1, 0.15) is 36.7 Å². The van der Waals surface area contributed by atoms with Crippen LogP contribution in [0.15, 0.2) is 54.6 Å². The second-order valence-corrected chi connectivity index (χ2v) is 6.58. The standard InChI is InChI=1S/C21H25N3O4/c1-14(2)23-21(27)22-13-16-9-11-17(12-10-16)20(26)28-15(3)19(25)24-18-7-5-4-6-8-18/h4-12,14-15H,13H2,1-3H3,(H,24,25)(H2,22,23,27)/t15-/m0/s1. The minimum atomic E-state index is -0.936. The number of urea groups is 1. The lowest BCUT2D eigenvalue weighted by Gasteiger charge is -2.14. The van der Waals surface area contributed by atoms with Crippen LogP contribution in [-0.4, -0.2) is 30.1 Å². The van der Waals surface area contributed by atoms with Crippen LogP contribution in [0, 0.1) is 0 Å². The van der Waals surface area contributed by atoms with E-state index in [2.05, 4.69) is 16.0 Å². The van der Waals surface area contributed by atoms with E-state index in [1.54, 1.807) is 48.5 Å². The molecule has 3 amide bonds. The Morgan fingerprint density at radius 2 is 1.57 bits per heavy atom. The smallest absolute Gasteiger partial charge is 0.338 e. The third-order valence-electron chi connectivity index (χ3n) is 3.76. The van der Waals surface area contributed by atoms with Crippen LogP contribution in [0.4, 0.5) is 10.5 Å². The van der Waals surface area contributed by atoms with Crippen LogP contribution in [0.5, 0.6) is 0 Å². The average molecular weight is 383 g/mol. The Kier molecular flexibility index (Phi) is 7.56. The second kappa shape index (κ2) is 10.1. The van der Waals surface area contributed by atoms with E-state index < -0.39 is 18.0 Å². The molecule has 0 aliphatic rings. The number of carbonyl (C=O) groups excluding carboxylic acids is 3. The number of benzene rings is 2. The number of amides is 3. The molecule has 0 unspecified atom stereocenters. The maximum atomic E-state index is 12.2. The van der Waals surface area contributed by atoms with Gasteiger partial charge in [0.15, 0.2) is 6.10 Å². The van der Waals surface area contributed by atoms with Gasteiger partial charge < -0.3 is 20.7 Å². The zero-order chi connectivity index (χ0) is 20.5. The fraction of sp³-hybridized carbons (Fsp3) is 0.286. The van der Waals surface area contributed by atoms with Crippen molar-refractivity contribution in [3.05, 3.63) is 65.7 Å². The Morgan fingerprint density at radius 1 is 0.929 bits per heavy atom. The molecule has 28 heavy (non-hydrogen) atoms. The summed E-state index contributed by atoms with van der Waals surface area (Å²) in [6.07, 6.45) is -0.936. The van der Waals surface area contributed by atoms with Crippen LogP contribution >= 0.6 is 0 Å². The molecule has 0 spiro atoms. The molecule has 0 bridgehead atoms. The van der Waals surface area contributed by atoms with Crippen molar-refractivity contribution in [1.82, 2.24) is 10.6 Å². The van der Waals surface area contributed by atoms with Gasteiger partial charge in [0.25, 0.3) is 5.91 Å². The Labute approximate surface area is 164 Å². The Bertz CT molecular complexity index is 804. The van der Waals surface area contributed by atoms with Crippen molar-refractivity contribution in [2.45, 2.75) is 39.5 Å². The Hall–Kier alpha value is -3.35. The topological polar surface area (TPSA) is 96.5 Å². The van der Waals surface area contributed by atoms with Gasteiger partial charge in [-0.05, 0) is 50.6 Å². The molecule has 0 aliphatic carbocycles. The highest BCUT2D eigenvalue weighted by Gasteiger charge is 2.19. The van der Waals surface area contributed by atoms with Crippen molar-refractivity contribution in [2.24, 2.45) is 0 Å². The number of ether oxygens (including phenoxy) is 1. The van der Waals surface area contributed by atoms with Gasteiger partial charge in [-0.3, -0.25) is 4.79 Å². The van der Waals surface area contributed by atoms with Gasteiger partial charge in [0.05, 0.1) is 5.56 Å². The number of para-hydroxylation sites is 1. The molecule has 2 rings (SSSR count). The summed E-state index contributed by atoms with van der Waals surface area (Å²) in [6.45, 7) is 5.60. The minimum absolute atomic E-state index is 0.0539. The van der Waals surface area contributed by atoms with Crippen molar-refractivity contribution in [3.8, 4) is 0 Å². The van der Waals surface area contributed by atoms with E-state index in [0.29, 0.717) is 17.8 Å². The van der Waals surface area contributed by atoms with Crippen molar-refractivity contribution in [1.29, 1.82) is 0 Å². The minimum Gasteiger partial charge on any atom is -0.449 e. The zero-order valence-electron chi connectivity index (χ0n) is 16.2. The van der Waals surface area contributed by atoms with Crippen molar-refractivity contribution in [3.63, 3.8) is 0 Å². The molecular weight excluding hydrogens is 358 g/mol. The van der Waals surface area contributed by atoms with E-state index in [1.165, 1.54) is 6.92 Å². The van der Waals surface area contributed by atoms with Crippen LogP contribution in [0.25, 0.3) is 0 Å². The summed E-state index contributed by atoms with van der Waals surface area (Å²) in [6, 6.07) is 15.4. The number of rotatable bonds is 7. The molecule has 0 heterocycles. The highest BCUT2D eigenvalue weighted by atomic mass is 16.5. The Balaban J connectivity index is 1.84. The highest BCUT2D eigenvalue weighted by Crippen LogP contribution is 2.10. The van der Waals surface area contributed by atoms with Gasteiger partial charge in [-0.1, -0.05) is 30.3 Å². The molecule has 0 saturated carbocycles. The van der Waals surface area contributed by atoms with Gasteiger partial charge in [0.1, 0.15) is 0 Å². The molecule has 0 aliphatic heterocycles. The summed E-state index contributed by atoms with van der Waals surface area (Å²) in [5.41, 5.74) is 1.80. The molecular formula is C21H25N3O4. The van der Waals surface area contributed by atoms with Crippen molar-refractivity contribution in [2.75, 3.05) is 5.32 Å². The number of hydrogen-bond donors (Lipinski definition) is 3. The number of carbonyl (C=O) groups is 3. The molecule has 7 heteroatoms. The molecule has 148 valence electrons. The van der Waals surface area contributed by atoms with E-state index in [-0.39, 0.29) is 12.1 Å². The summed E-state index contributed by atoms with van der Waals surface area (Å²) >= 11 is 0. The molecule has 0 radical (unpaired) electrons. The van der Waals surface area contributed by atoms with Crippen molar-refractivity contribution >= 4 is 23.6 Å². The lowest BCUT2D eigenvalue weighted by molar-refractivity contribution is -0.123. The molecule has 3 N–H and O–H groups in total. The van der Waals surface area contributed by atoms with E-state index in [1.807, 2.05) is 19.9 Å². The molecule has 2 aromatic rings. The van der Waals surface area contributed by atoms with E-state index in [4.69, 9.17) is 4.74 Å². The molecule has 0 aromatic heterocycles. The number of anilines is 1. The maximum absolute atomic E-state index is 12.2. The highest BCUT2D eigenvalue weighted by molar-refractivity contribution is 5.97. The van der Waals surface area contributed by atoms with Gasteiger partial charge in [0.2, 0.25) is 0 Å². The first-order valence-electron chi connectivity index (χ1n) is 9.05. The summed E-state index contributed by atoms with van der Waals surface area (Å²) in [5, 5.41) is 8.15. The predicted molar refractivity (Wildman–Crippen MR) is 107 cm³/mol. The van der Waals surface area contributed by atoms with Crippen LogP contribution in [0.3, 0.4) is 0 Å². The van der Waals surface area contributed by atoms with Crippen molar-refractivity contribution < 1.29 is 19.1 Å². The van der Waals surface area contributed by atoms with E-state index >= 15 is 0 Å². The summed E-state index contributed by atoms with van der Waals surface area (Å²) in [5.74, 6) is -0.996. The monoisotopic (exact) mass is 383 g/mol. The zero-order valence-corrected chi connectivity index (χ0v) is 16.2. The van der Waals surface area contributed by atoms with Crippen LogP contribution in [-0.2, 0) is 16.1 Å². The first-order chi connectivity index (χ1) is 13.3. The lowest BCUT2D eigenvalue weighted by Crippen LogP contribution is -2.39. The number of nitrogens with one attached hydrogen (secondary N) is 3. The van der Waals surface area contributed by atoms with E-state index in [9.17, 15) is 14.4 Å². The number of esters is 1. The normalized spacial score (nSPS) is 11.4. The van der Waals surface area contributed by atoms with Gasteiger partial charge in [-0.25, -0.2) is 9.59 Å². The number of hydrogen-bond acceptors (Lipinski definition) is 4. The quantitative estimate of drug-likeness (QED) is 0.640. The fourth-order valence-corrected chi connectivity index (χ4v) is 2.30. The Morgan fingerprint density at radius 3 is 2.18 bits per heavy atom. The molecule has 0 fully saturated rings. The summed E-state index contributed by atoms with van der Waals surface area (Å²) < 4.78 is 5.22. The molecule has 7 nitrogen and oxygen atoms in total. The molecule has 2 aromatic carbocycles. The van der Waals surface area contributed by atoms with Crippen LogP contribution in [0.2, 0.25) is 0 Å². The largest absolute Gasteiger partial charge is 0.449 e. The average Bonchev–Trinajstić information content (AvgIpc) is 2.67. The predicted octanol–water partition coefficient (Wildman–Crippen LogP) is 3.08. The first-order valence-corrected chi connectivity index (χ1v) is 9.05. The van der Waals surface area contributed by atoms with Gasteiger partial charge >= 0.3 is 12.0 Å². The van der Waals surface area contributed by atoms with Gasteiger partial charge in [-0.2, -0.15) is 0 Å². The first kappa shape index (κ1) is 21.0. The maximum Gasteiger partial charge on any atom is 0.338 e. The summed E-state index contributed by atoms with van der Waals surface area (Å²) in [7, 11) is 0.